The molecule has 1 fully saturated rings. The van der Waals surface area contributed by atoms with Gasteiger partial charge in [-0.05, 0) is 40.9 Å². The molecule has 0 bridgehead atoms. The molecule has 2 aromatic rings. The summed E-state index contributed by atoms with van der Waals surface area (Å²) in [4.78, 5) is 11.0. The number of rotatable bonds is 4. The number of carbonyl (C=O) groups is 1. The highest BCUT2D eigenvalue weighted by molar-refractivity contribution is 9.10. The van der Waals surface area contributed by atoms with Gasteiger partial charge in [0.2, 0.25) is 5.76 Å². The second-order valence-electron chi connectivity index (χ2n) is 4.77. The first-order valence-corrected chi connectivity index (χ1v) is 8.47. The molecule has 1 aliphatic carbocycles. The second kappa shape index (κ2) is 4.96. The number of halogens is 1. The molecule has 3 rings (SSSR count). The summed E-state index contributed by atoms with van der Waals surface area (Å²) in [6, 6.07) is 5.98. The van der Waals surface area contributed by atoms with E-state index >= 15 is 0 Å². The second-order valence-corrected chi connectivity index (χ2v) is 7.82. The van der Waals surface area contributed by atoms with Crippen LogP contribution in [0, 0.1) is 0 Å². The Morgan fingerprint density at radius 3 is 2.57 bits per heavy atom. The minimum Gasteiger partial charge on any atom is -0.475 e. The molecule has 21 heavy (non-hydrogen) atoms. The number of aromatic nitrogens is 1. The Kier molecular flexibility index (Phi) is 3.37. The minimum absolute atomic E-state index is 0.246. The lowest BCUT2D eigenvalue weighted by molar-refractivity contribution is 0.0652. The third-order valence-electron chi connectivity index (χ3n) is 3.22. The number of hydrogen-bond donors (Lipinski definition) is 1. The number of hydrogen-bond acceptors (Lipinski definition) is 5. The highest BCUT2D eigenvalue weighted by atomic mass is 79.9. The third kappa shape index (κ3) is 2.60. The lowest BCUT2D eigenvalue weighted by Gasteiger charge is -2.06. The Bertz CT molecular complexity index is 823. The van der Waals surface area contributed by atoms with E-state index in [1.165, 1.54) is 12.1 Å². The van der Waals surface area contributed by atoms with Gasteiger partial charge in [-0.15, -0.1) is 0 Å². The number of aromatic carboxylic acids is 1. The van der Waals surface area contributed by atoms with E-state index in [1.807, 2.05) is 0 Å². The standard InChI is InChI=1S/C13H10BrNO5S/c14-9-5-7(10-6-11(13(16)17)20-15-10)1-4-12(9)21(18,19)8-2-3-8/h1,4-6,8H,2-3H2,(H,16,17). The first-order valence-electron chi connectivity index (χ1n) is 6.13. The number of carboxylic acids is 1. The average Bonchev–Trinajstić information content (AvgIpc) is 3.16. The average molecular weight is 372 g/mol. The number of nitrogens with zero attached hydrogens (tertiary/aromatic N) is 1. The molecular weight excluding hydrogens is 362 g/mol. The molecule has 1 aliphatic rings. The van der Waals surface area contributed by atoms with Gasteiger partial charge < -0.3 is 9.63 Å². The molecule has 1 aromatic carbocycles. The van der Waals surface area contributed by atoms with Crippen LogP contribution in [0.25, 0.3) is 11.3 Å². The van der Waals surface area contributed by atoms with Crippen molar-refractivity contribution in [1.82, 2.24) is 5.16 Å². The van der Waals surface area contributed by atoms with Crippen molar-refractivity contribution in [2.45, 2.75) is 23.0 Å². The molecule has 6 nitrogen and oxygen atoms in total. The van der Waals surface area contributed by atoms with E-state index < -0.39 is 15.8 Å². The SMILES string of the molecule is O=C(O)c1cc(-c2ccc(S(=O)(=O)C3CC3)c(Br)c2)no1. The molecule has 0 atom stereocenters. The summed E-state index contributed by atoms with van der Waals surface area (Å²) in [6.45, 7) is 0. The minimum atomic E-state index is -3.29. The first kappa shape index (κ1) is 14.3. The zero-order valence-corrected chi connectivity index (χ0v) is 13.0. The van der Waals surface area contributed by atoms with Gasteiger partial charge in [-0.25, -0.2) is 13.2 Å². The van der Waals surface area contributed by atoms with Crippen LogP contribution in [0.2, 0.25) is 0 Å². The highest BCUT2D eigenvalue weighted by Crippen LogP contribution is 2.37. The number of benzene rings is 1. The van der Waals surface area contributed by atoms with Crippen LogP contribution in [0.15, 0.2) is 38.2 Å². The van der Waals surface area contributed by atoms with Crippen molar-refractivity contribution in [3.8, 4) is 11.3 Å². The van der Waals surface area contributed by atoms with E-state index in [4.69, 9.17) is 5.11 Å². The molecule has 0 saturated heterocycles. The molecule has 0 unspecified atom stereocenters. The quantitative estimate of drug-likeness (QED) is 0.886. The fraction of sp³-hybridized carbons (Fsp3) is 0.231. The normalized spacial score (nSPS) is 15.1. The van der Waals surface area contributed by atoms with E-state index in [0.29, 0.717) is 28.6 Å². The number of sulfone groups is 1. The predicted octanol–water partition coefficient (Wildman–Crippen LogP) is 2.74. The van der Waals surface area contributed by atoms with Gasteiger partial charge >= 0.3 is 5.97 Å². The van der Waals surface area contributed by atoms with Gasteiger partial charge in [0.15, 0.2) is 9.84 Å². The van der Waals surface area contributed by atoms with Crippen LogP contribution in [0.4, 0.5) is 0 Å². The molecular formula is C13H10BrNO5S. The molecule has 110 valence electrons. The van der Waals surface area contributed by atoms with Gasteiger partial charge in [-0.3, -0.25) is 0 Å². The predicted molar refractivity (Wildman–Crippen MR) is 76.8 cm³/mol. The smallest absolute Gasteiger partial charge is 0.374 e. The van der Waals surface area contributed by atoms with Gasteiger partial charge in [0.25, 0.3) is 0 Å². The Morgan fingerprint density at radius 1 is 1.33 bits per heavy atom. The molecule has 1 N–H and O–H groups in total. The fourth-order valence-corrected chi connectivity index (χ4v) is 4.72. The molecule has 1 saturated carbocycles. The molecule has 8 heteroatoms. The lowest BCUT2D eigenvalue weighted by Crippen LogP contribution is -2.07. The molecule has 0 spiro atoms. The van der Waals surface area contributed by atoms with Crippen LogP contribution < -0.4 is 0 Å². The maximum absolute atomic E-state index is 12.2. The van der Waals surface area contributed by atoms with Crippen molar-refractivity contribution >= 4 is 31.7 Å². The molecule has 0 amide bonds. The Hall–Kier alpha value is -1.67. The van der Waals surface area contributed by atoms with Crippen LogP contribution in [-0.4, -0.2) is 29.9 Å². The highest BCUT2D eigenvalue weighted by Gasteiger charge is 2.37. The van der Waals surface area contributed by atoms with E-state index in [2.05, 4.69) is 25.6 Å². The van der Waals surface area contributed by atoms with E-state index in [1.54, 1.807) is 12.1 Å². The van der Waals surface area contributed by atoms with Gasteiger partial charge in [0.05, 0.1) is 10.1 Å². The Labute approximate surface area is 128 Å². The molecule has 1 heterocycles. The van der Waals surface area contributed by atoms with Crippen molar-refractivity contribution in [1.29, 1.82) is 0 Å². The summed E-state index contributed by atoms with van der Waals surface area (Å²) < 4.78 is 29.5. The lowest BCUT2D eigenvalue weighted by atomic mass is 10.1. The van der Waals surface area contributed by atoms with Gasteiger partial charge in [0.1, 0.15) is 5.69 Å². The fourth-order valence-electron chi connectivity index (χ4n) is 1.96. The van der Waals surface area contributed by atoms with Gasteiger partial charge in [-0.1, -0.05) is 11.2 Å². The van der Waals surface area contributed by atoms with Gasteiger partial charge in [-0.2, -0.15) is 0 Å². The largest absolute Gasteiger partial charge is 0.475 e. The van der Waals surface area contributed by atoms with Gasteiger partial charge in [0, 0.05) is 16.1 Å². The summed E-state index contributed by atoms with van der Waals surface area (Å²) >= 11 is 3.26. The van der Waals surface area contributed by atoms with Crippen molar-refractivity contribution in [2.24, 2.45) is 0 Å². The van der Waals surface area contributed by atoms with Crippen LogP contribution >= 0.6 is 15.9 Å². The summed E-state index contributed by atoms with van der Waals surface area (Å²) in [7, 11) is -3.29. The zero-order chi connectivity index (χ0) is 15.2. The van der Waals surface area contributed by atoms with Crippen molar-refractivity contribution in [2.75, 3.05) is 0 Å². The van der Waals surface area contributed by atoms with Crippen molar-refractivity contribution < 1.29 is 22.8 Å². The van der Waals surface area contributed by atoms with Crippen LogP contribution in [-0.2, 0) is 9.84 Å². The topological polar surface area (TPSA) is 97.5 Å². The van der Waals surface area contributed by atoms with Crippen LogP contribution in [0.5, 0.6) is 0 Å². The molecule has 1 aromatic heterocycles. The van der Waals surface area contributed by atoms with E-state index in [0.717, 1.165) is 0 Å². The summed E-state index contributed by atoms with van der Waals surface area (Å²) in [5, 5.41) is 12.2. The maximum Gasteiger partial charge on any atom is 0.374 e. The first-order chi connectivity index (χ1) is 9.89. The van der Waals surface area contributed by atoms with Crippen LogP contribution in [0.1, 0.15) is 23.4 Å². The third-order valence-corrected chi connectivity index (χ3v) is 6.45. The molecule has 0 aliphatic heterocycles. The molecule has 0 radical (unpaired) electrons. The van der Waals surface area contributed by atoms with Crippen molar-refractivity contribution in [3.05, 3.63) is 34.5 Å². The Balaban J connectivity index is 1.99. The van der Waals surface area contributed by atoms with Crippen LogP contribution in [0.3, 0.4) is 0 Å². The monoisotopic (exact) mass is 371 g/mol. The summed E-state index contributed by atoms with van der Waals surface area (Å²) in [6.07, 6.45) is 1.39. The van der Waals surface area contributed by atoms with Crippen molar-refractivity contribution in [3.63, 3.8) is 0 Å². The number of carboxylic acid groups (broad SMARTS) is 1. The maximum atomic E-state index is 12.2. The zero-order valence-electron chi connectivity index (χ0n) is 10.6. The van der Waals surface area contributed by atoms with E-state index in [9.17, 15) is 13.2 Å². The summed E-state index contributed by atoms with van der Waals surface area (Å²) in [5.74, 6) is -1.48. The Morgan fingerprint density at radius 2 is 2.05 bits per heavy atom. The summed E-state index contributed by atoms with van der Waals surface area (Å²) in [5.41, 5.74) is 0.913. The van der Waals surface area contributed by atoms with E-state index in [-0.39, 0.29) is 15.9 Å².